The highest BCUT2D eigenvalue weighted by atomic mass is 19.4. The summed E-state index contributed by atoms with van der Waals surface area (Å²) in [4.78, 5) is 22.4. The quantitative estimate of drug-likeness (QED) is 0.373. The van der Waals surface area contributed by atoms with E-state index in [0.717, 1.165) is 67.1 Å². The lowest BCUT2D eigenvalue weighted by molar-refractivity contribution is -0.139. The number of imidazole rings is 1. The van der Waals surface area contributed by atoms with Crippen molar-refractivity contribution >= 4 is 17.4 Å². The van der Waals surface area contributed by atoms with Crippen LogP contribution in [0.5, 0.6) is 0 Å². The molecule has 1 saturated heterocycles. The molecule has 0 aliphatic carbocycles. The first kappa shape index (κ1) is 29.3. The van der Waals surface area contributed by atoms with Crippen molar-refractivity contribution in [2.24, 2.45) is 17.8 Å². The number of nitrogens with zero attached hydrogens (tertiary/aromatic N) is 7. The normalized spacial score (nSPS) is 16.8. The van der Waals surface area contributed by atoms with Gasteiger partial charge in [-0.25, -0.2) is 24.3 Å². The Kier molecular flexibility index (Phi) is 8.07. The number of amidine groups is 1. The van der Waals surface area contributed by atoms with E-state index in [0.29, 0.717) is 23.9 Å². The van der Waals surface area contributed by atoms with Gasteiger partial charge in [0.25, 0.3) is 0 Å². The summed E-state index contributed by atoms with van der Waals surface area (Å²) in [5.74, 6) is 0.618. The van der Waals surface area contributed by atoms with Gasteiger partial charge in [0.15, 0.2) is 0 Å². The third-order valence-corrected chi connectivity index (χ3v) is 7.83. The monoisotopic (exact) mass is 582 g/mol. The van der Waals surface area contributed by atoms with Crippen LogP contribution in [0.1, 0.15) is 55.5 Å². The minimum atomic E-state index is -4.78. The molecule has 1 aromatic carbocycles. The number of allylic oxidation sites excluding steroid dienone is 1. The molecular weight excluding hydrogens is 548 g/mol. The molecule has 2 N–H and O–H groups in total. The Morgan fingerprint density at radius 1 is 1.07 bits per heavy atom. The number of likely N-dealkylation sites (tertiary alicyclic amines) is 1. The molecule has 0 amide bonds. The highest BCUT2D eigenvalue weighted by Gasteiger charge is 2.35. The van der Waals surface area contributed by atoms with Gasteiger partial charge >= 0.3 is 6.18 Å². The van der Waals surface area contributed by atoms with Gasteiger partial charge in [0.2, 0.25) is 5.95 Å². The molecule has 12 heteroatoms. The van der Waals surface area contributed by atoms with Crippen molar-refractivity contribution in [2.75, 3.05) is 32.1 Å². The lowest BCUT2D eigenvalue weighted by Crippen LogP contribution is -2.35. The molecule has 0 spiro atoms. The predicted octanol–water partition coefficient (Wildman–Crippen LogP) is 5.75. The van der Waals surface area contributed by atoms with Crippen LogP contribution < -0.4 is 10.6 Å². The Labute approximate surface area is 242 Å². The summed E-state index contributed by atoms with van der Waals surface area (Å²) in [5.41, 5.74) is 9.71. The number of benzene rings is 1. The largest absolute Gasteiger partial charge is 0.419 e. The van der Waals surface area contributed by atoms with Gasteiger partial charge in [0, 0.05) is 93.8 Å². The average Bonchev–Trinajstić information content (AvgIpc) is 3.26. The summed E-state index contributed by atoms with van der Waals surface area (Å²) < 4.78 is 55.6. The standard InChI is InChI=1S/C30H34F4N8/c1-5-18-12-25(26(27(35)36-14-18)21-15-37-29(38-16-21)40(2)3)42-10-8-19(9-11-42)28-39-24(17-41(28)4)20-6-7-23(31)22(13-20)30(32,33)34/h6-7,13-17,19H,5,8-12H2,1-4H3,(H2,35,36). The number of nitrogens with two attached hydrogens (primary N) is 1. The molecule has 3 aromatic rings. The van der Waals surface area contributed by atoms with E-state index < -0.39 is 17.6 Å². The Morgan fingerprint density at radius 2 is 1.76 bits per heavy atom. The van der Waals surface area contributed by atoms with Crippen LogP contribution in [-0.4, -0.2) is 57.4 Å². The molecular formula is C30H34F4N8. The summed E-state index contributed by atoms with van der Waals surface area (Å²) in [6, 6.07) is 3.00. The highest BCUT2D eigenvalue weighted by molar-refractivity contribution is 6.23. The van der Waals surface area contributed by atoms with Crippen LogP contribution in [-0.2, 0) is 13.2 Å². The van der Waals surface area contributed by atoms with Crippen molar-refractivity contribution < 1.29 is 17.6 Å². The molecule has 0 saturated carbocycles. The molecule has 1 fully saturated rings. The number of halogens is 4. The zero-order chi connectivity index (χ0) is 30.2. The van der Waals surface area contributed by atoms with E-state index in [1.165, 1.54) is 11.6 Å². The number of aliphatic imine (C=N–C) groups is 1. The van der Waals surface area contributed by atoms with Crippen LogP contribution in [0.2, 0.25) is 0 Å². The van der Waals surface area contributed by atoms with E-state index in [4.69, 9.17) is 10.7 Å². The molecule has 2 aliphatic rings. The minimum absolute atomic E-state index is 0.104. The maximum Gasteiger partial charge on any atom is 0.419 e. The van der Waals surface area contributed by atoms with Crippen molar-refractivity contribution in [3.63, 3.8) is 0 Å². The molecule has 0 bridgehead atoms. The zero-order valence-electron chi connectivity index (χ0n) is 24.1. The van der Waals surface area contributed by atoms with E-state index in [1.54, 1.807) is 18.6 Å². The Morgan fingerprint density at radius 3 is 2.38 bits per heavy atom. The molecule has 5 rings (SSSR count). The van der Waals surface area contributed by atoms with Crippen LogP contribution in [0.25, 0.3) is 16.8 Å². The van der Waals surface area contributed by atoms with E-state index in [-0.39, 0.29) is 11.5 Å². The third kappa shape index (κ3) is 5.88. The van der Waals surface area contributed by atoms with Gasteiger partial charge in [-0.3, -0.25) is 0 Å². The van der Waals surface area contributed by atoms with Crippen LogP contribution in [0.3, 0.4) is 0 Å². The molecule has 222 valence electrons. The van der Waals surface area contributed by atoms with Crippen LogP contribution in [0.15, 0.2) is 59.3 Å². The van der Waals surface area contributed by atoms with E-state index in [9.17, 15) is 17.6 Å². The fourth-order valence-corrected chi connectivity index (χ4v) is 5.51. The zero-order valence-corrected chi connectivity index (χ0v) is 24.1. The molecule has 42 heavy (non-hydrogen) atoms. The fourth-order valence-electron chi connectivity index (χ4n) is 5.51. The molecule has 8 nitrogen and oxygen atoms in total. The van der Waals surface area contributed by atoms with Crippen LogP contribution in [0.4, 0.5) is 23.5 Å². The lowest BCUT2D eigenvalue weighted by Gasteiger charge is -2.36. The van der Waals surface area contributed by atoms with Gasteiger partial charge < -0.3 is 20.1 Å². The highest BCUT2D eigenvalue weighted by Crippen LogP contribution is 2.37. The summed E-state index contributed by atoms with van der Waals surface area (Å²) in [7, 11) is 5.60. The second-order valence-corrected chi connectivity index (χ2v) is 10.9. The molecule has 0 unspecified atom stereocenters. The SMILES string of the molecule is CCC1=CN=C(N)C(c2cnc(N(C)C)nc2)=C(N2CCC(c3nc(-c4ccc(F)c(C(F)(F)F)c4)cn3C)CC2)C1. The number of hydrogen-bond acceptors (Lipinski definition) is 7. The van der Waals surface area contributed by atoms with Crippen molar-refractivity contribution in [3.8, 4) is 11.3 Å². The van der Waals surface area contributed by atoms with Crippen LogP contribution in [0, 0.1) is 5.82 Å². The summed E-state index contributed by atoms with van der Waals surface area (Å²) in [6.45, 7) is 3.57. The number of anilines is 1. The van der Waals surface area contributed by atoms with Gasteiger partial charge in [-0.15, -0.1) is 0 Å². The third-order valence-electron chi connectivity index (χ3n) is 7.83. The van der Waals surface area contributed by atoms with Gasteiger partial charge in [-0.2, -0.15) is 13.2 Å². The van der Waals surface area contributed by atoms with Gasteiger partial charge in [-0.1, -0.05) is 6.92 Å². The van der Waals surface area contributed by atoms with Gasteiger partial charge in [0.05, 0.1) is 11.3 Å². The number of rotatable bonds is 6. The van der Waals surface area contributed by atoms with Gasteiger partial charge in [-0.05, 0) is 43.0 Å². The molecule has 2 aromatic heterocycles. The van der Waals surface area contributed by atoms with Crippen molar-refractivity contribution in [1.82, 2.24) is 24.4 Å². The van der Waals surface area contributed by atoms with Gasteiger partial charge in [0.1, 0.15) is 17.5 Å². The Bertz CT molecular complexity index is 1540. The number of alkyl halides is 3. The molecule has 0 radical (unpaired) electrons. The summed E-state index contributed by atoms with van der Waals surface area (Å²) >= 11 is 0. The smallest absolute Gasteiger partial charge is 0.383 e. The molecule has 4 heterocycles. The second-order valence-electron chi connectivity index (χ2n) is 10.9. The van der Waals surface area contributed by atoms with Crippen molar-refractivity contribution in [2.45, 2.75) is 44.7 Å². The van der Waals surface area contributed by atoms with Crippen LogP contribution >= 0.6 is 0 Å². The predicted molar refractivity (Wildman–Crippen MR) is 155 cm³/mol. The Balaban J connectivity index is 1.40. The van der Waals surface area contributed by atoms with E-state index in [1.807, 2.05) is 36.8 Å². The topological polar surface area (TPSA) is 88.5 Å². The lowest BCUT2D eigenvalue weighted by atomic mass is 9.93. The number of piperidine rings is 1. The van der Waals surface area contributed by atoms with E-state index >= 15 is 0 Å². The first-order valence-corrected chi connectivity index (χ1v) is 13.9. The Hall–Kier alpha value is -4.22. The molecule has 0 atom stereocenters. The first-order valence-electron chi connectivity index (χ1n) is 13.9. The minimum Gasteiger partial charge on any atom is -0.383 e. The first-order chi connectivity index (χ1) is 20.0. The number of aromatic nitrogens is 4. The number of hydrogen-bond donors (Lipinski definition) is 1. The van der Waals surface area contributed by atoms with Crippen molar-refractivity contribution in [3.05, 3.63) is 77.0 Å². The molecule has 2 aliphatic heterocycles. The fraction of sp³-hybridized carbons (Fsp3) is 0.400. The maximum atomic E-state index is 13.8. The van der Waals surface area contributed by atoms with Crippen molar-refractivity contribution in [1.29, 1.82) is 0 Å². The van der Waals surface area contributed by atoms with E-state index in [2.05, 4.69) is 26.8 Å². The summed E-state index contributed by atoms with van der Waals surface area (Å²) in [5, 5.41) is 0. The maximum absolute atomic E-state index is 13.8. The average molecular weight is 583 g/mol. The second kappa shape index (κ2) is 11.6. The summed E-state index contributed by atoms with van der Waals surface area (Å²) in [6.07, 6.45) is 5.44. The number of aryl methyl sites for hydroxylation is 1.